The van der Waals surface area contributed by atoms with Crippen molar-refractivity contribution in [1.82, 2.24) is 20.6 Å². The van der Waals surface area contributed by atoms with Crippen LogP contribution in [0.15, 0.2) is 30.3 Å². The first kappa shape index (κ1) is 29.3. The Morgan fingerprint density at radius 2 is 1.89 bits per heavy atom. The van der Waals surface area contributed by atoms with Crippen LogP contribution in [0.3, 0.4) is 0 Å². The minimum absolute atomic E-state index is 0.196. The van der Waals surface area contributed by atoms with E-state index in [1.165, 1.54) is 0 Å². The number of aryl methyl sites for hydroxylation is 1. The first-order valence-corrected chi connectivity index (χ1v) is 12.5. The molecule has 3 atom stereocenters. The molecule has 36 heavy (non-hydrogen) atoms. The van der Waals surface area contributed by atoms with Gasteiger partial charge in [0.05, 0.1) is 19.1 Å². The number of hydrogen-bond acceptors (Lipinski definition) is 6. The summed E-state index contributed by atoms with van der Waals surface area (Å²) >= 11 is 0. The number of nitrogens with zero attached hydrogens (tertiary/aromatic N) is 2. The summed E-state index contributed by atoms with van der Waals surface area (Å²) in [5, 5.41) is 16.2. The second-order valence-electron chi connectivity index (χ2n) is 10.1. The fourth-order valence-corrected chi connectivity index (χ4v) is 4.23. The van der Waals surface area contributed by atoms with E-state index >= 15 is 0 Å². The molecule has 0 aromatic heterocycles. The van der Waals surface area contributed by atoms with Crippen molar-refractivity contribution < 1.29 is 24.3 Å². The minimum Gasteiger partial charge on any atom is -0.379 e. The lowest BCUT2D eigenvalue weighted by Gasteiger charge is -2.34. The van der Waals surface area contributed by atoms with Crippen molar-refractivity contribution in [2.24, 2.45) is 11.3 Å². The molecule has 9 heteroatoms. The predicted molar refractivity (Wildman–Crippen MR) is 137 cm³/mol. The second-order valence-corrected chi connectivity index (χ2v) is 10.1. The molecule has 2 rings (SSSR count). The maximum Gasteiger partial charge on any atom is 0.243 e. The molecular formula is C27H40N4O5. The zero-order valence-electron chi connectivity index (χ0n) is 21.6. The monoisotopic (exact) mass is 500 g/mol. The van der Waals surface area contributed by atoms with Crippen LogP contribution in [-0.4, -0.2) is 84.9 Å². The van der Waals surface area contributed by atoms with E-state index in [1.54, 1.807) is 0 Å². The molecule has 198 valence electrons. The molecule has 3 N–H and O–H groups in total. The third kappa shape index (κ3) is 9.26. The lowest BCUT2D eigenvalue weighted by molar-refractivity contribution is -0.162. The minimum atomic E-state index is -1.15. The van der Waals surface area contributed by atoms with Crippen LogP contribution in [-0.2, 0) is 25.5 Å². The summed E-state index contributed by atoms with van der Waals surface area (Å²) in [5.74, 6) is 0.705. The van der Waals surface area contributed by atoms with Crippen LogP contribution >= 0.6 is 0 Å². The third-order valence-corrected chi connectivity index (χ3v) is 6.35. The van der Waals surface area contributed by atoms with Crippen molar-refractivity contribution in [2.75, 3.05) is 39.4 Å². The molecule has 0 radical (unpaired) electrons. The lowest BCUT2D eigenvalue weighted by Crippen LogP contribution is -2.57. The molecule has 1 aromatic rings. The lowest BCUT2D eigenvalue weighted by atomic mass is 9.84. The molecule has 3 amide bonds. The summed E-state index contributed by atoms with van der Waals surface area (Å²) in [7, 11) is 0. The number of rotatable bonds is 13. The molecular weight excluding hydrogens is 460 g/mol. The van der Waals surface area contributed by atoms with E-state index < -0.39 is 29.3 Å². The molecule has 9 nitrogen and oxygen atoms in total. The fraction of sp³-hybridized carbons (Fsp3) is 0.593. The predicted octanol–water partition coefficient (Wildman–Crippen LogP) is 1.45. The van der Waals surface area contributed by atoms with Gasteiger partial charge in [0, 0.05) is 26.2 Å². The third-order valence-electron chi connectivity index (χ3n) is 6.35. The van der Waals surface area contributed by atoms with Crippen molar-refractivity contribution in [3.63, 3.8) is 0 Å². The molecule has 0 spiro atoms. The maximum atomic E-state index is 13.4. The summed E-state index contributed by atoms with van der Waals surface area (Å²) in [6.45, 7) is 9.75. The summed E-state index contributed by atoms with van der Waals surface area (Å²) < 4.78 is 5.35. The Morgan fingerprint density at radius 1 is 1.22 bits per heavy atom. The Hall–Kier alpha value is -2.93. The van der Waals surface area contributed by atoms with Gasteiger partial charge in [-0.05, 0) is 30.2 Å². The number of amides is 3. The molecule has 1 aliphatic heterocycles. The van der Waals surface area contributed by atoms with Gasteiger partial charge in [-0.2, -0.15) is 0 Å². The molecule has 1 aromatic carbocycles. The number of hydroxylamine groups is 2. The van der Waals surface area contributed by atoms with E-state index in [2.05, 4.69) is 21.5 Å². The first-order chi connectivity index (χ1) is 17.2. The van der Waals surface area contributed by atoms with Crippen molar-refractivity contribution in [3.8, 4) is 12.3 Å². The van der Waals surface area contributed by atoms with Gasteiger partial charge in [0.1, 0.15) is 12.1 Å². The van der Waals surface area contributed by atoms with Gasteiger partial charge in [-0.15, -0.1) is 6.42 Å². The molecule has 0 aliphatic carbocycles. The Balaban J connectivity index is 2.07. The van der Waals surface area contributed by atoms with Gasteiger partial charge in [-0.3, -0.25) is 24.5 Å². The highest BCUT2D eigenvalue weighted by Gasteiger charge is 2.37. The van der Waals surface area contributed by atoms with Crippen LogP contribution in [0.2, 0.25) is 0 Å². The Morgan fingerprint density at radius 3 is 2.47 bits per heavy atom. The normalized spacial score (nSPS) is 16.8. The van der Waals surface area contributed by atoms with E-state index in [4.69, 9.17) is 11.2 Å². The van der Waals surface area contributed by atoms with E-state index in [0.29, 0.717) is 50.6 Å². The SMILES string of the molecule is C#C[C@@H]([C@@H](CCCc1ccccc1)C(=O)N[C@H](C(=O)NCCN1CCOCC1)C(C)(C)C)N(O)C=O. The smallest absolute Gasteiger partial charge is 0.243 e. The highest BCUT2D eigenvalue weighted by molar-refractivity contribution is 5.89. The topological polar surface area (TPSA) is 111 Å². The molecule has 0 saturated carbocycles. The van der Waals surface area contributed by atoms with Gasteiger partial charge in [-0.25, -0.2) is 5.06 Å². The molecule has 1 heterocycles. The van der Waals surface area contributed by atoms with E-state index in [-0.39, 0.29) is 12.3 Å². The zero-order valence-corrected chi connectivity index (χ0v) is 21.6. The highest BCUT2D eigenvalue weighted by Crippen LogP contribution is 2.23. The Bertz CT molecular complexity index is 874. The Labute approximate surface area is 214 Å². The van der Waals surface area contributed by atoms with Crippen molar-refractivity contribution in [2.45, 2.75) is 52.1 Å². The van der Waals surface area contributed by atoms with Crippen LogP contribution in [0, 0.1) is 23.7 Å². The zero-order chi connectivity index (χ0) is 26.6. The quantitative estimate of drug-likeness (QED) is 0.164. The number of carbonyl (C=O) groups excluding carboxylic acids is 3. The number of ether oxygens (including phenoxy) is 1. The van der Waals surface area contributed by atoms with E-state index in [0.717, 1.165) is 18.7 Å². The molecule has 0 bridgehead atoms. The van der Waals surface area contributed by atoms with Crippen LogP contribution in [0.5, 0.6) is 0 Å². The summed E-state index contributed by atoms with van der Waals surface area (Å²) in [5.41, 5.74) is 0.528. The average Bonchev–Trinajstić information content (AvgIpc) is 2.86. The number of hydrogen-bond donors (Lipinski definition) is 3. The van der Waals surface area contributed by atoms with Gasteiger partial charge < -0.3 is 15.4 Å². The van der Waals surface area contributed by atoms with Crippen molar-refractivity contribution >= 4 is 18.2 Å². The summed E-state index contributed by atoms with van der Waals surface area (Å²) in [4.78, 5) is 40.0. The summed E-state index contributed by atoms with van der Waals surface area (Å²) in [6.07, 6.45) is 7.44. The number of terminal acetylenes is 1. The van der Waals surface area contributed by atoms with Gasteiger partial charge in [0.15, 0.2) is 0 Å². The molecule has 0 unspecified atom stereocenters. The average molecular weight is 501 g/mol. The Kier molecular flexibility index (Phi) is 11.9. The first-order valence-electron chi connectivity index (χ1n) is 12.5. The summed E-state index contributed by atoms with van der Waals surface area (Å²) in [6, 6.07) is 7.83. The standard InChI is InChI=1S/C27H40N4O5/c1-5-23(31(35)20-32)22(13-9-12-21-10-7-6-8-11-21)25(33)29-24(27(2,3)4)26(34)28-14-15-30-16-18-36-19-17-30/h1,6-8,10-11,20,22-24,35H,9,12-19H2,2-4H3,(H,28,34)(H,29,33)/t22-,23+,24-/m1/s1. The van der Waals surface area contributed by atoms with Gasteiger partial charge in [-0.1, -0.05) is 57.0 Å². The van der Waals surface area contributed by atoms with Crippen molar-refractivity contribution in [3.05, 3.63) is 35.9 Å². The number of carbonyl (C=O) groups is 3. The van der Waals surface area contributed by atoms with Crippen LogP contribution in [0.1, 0.15) is 39.2 Å². The maximum absolute atomic E-state index is 13.4. The van der Waals surface area contributed by atoms with Crippen LogP contribution in [0.25, 0.3) is 0 Å². The van der Waals surface area contributed by atoms with Gasteiger partial charge in [0.25, 0.3) is 0 Å². The highest BCUT2D eigenvalue weighted by atomic mass is 16.5. The number of benzene rings is 1. The second kappa shape index (κ2) is 14.6. The van der Waals surface area contributed by atoms with Gasteiger partial charge >= 0.3 is 0 Å². The van der Waals surface area contributed by atoms with Crippen LogP contribution in [0.4, 0.5) is 0 Å². The van der Waals surface area contributed by atoms with E-state index in [1.807, 2.05) is 51.1 Å². The van der Waals surface area contributed by atoms with Crippen molar-refractivity contribution in [1.29, 1.82) is 0 Å². The molecule has 1 aliphatic rings. The molecule has 1 saturated heterocycles. The van der Waals surface area contributed by atoms with E-state index in [9.17, 15) is 19.6 Å². The van der Waals surface area contributed by atoms with Crippen LogP contribution < -0.4 is 10.6 Å². The molecule has 1 fully saturated rings. The number of morpholine rings is 1. The fourth-order valence-electron chi connectivity index (χ4n) is 4.23. The number of nitrogens with one attached hydrogen (secondary N) is 2. The van der Waals surface area contributed by atoms with Gasteiger partial charge in [0.2, 0.25) is 18.2 Å². The largest absolute Gasteiger partial charge is 0.379 e.